The van der Waals surface area contributed by atoms with Crippen molar-refractivity contribution in [1.82, 2.24) is 5.32 Å². The molecule has 1 atom stereocenters. The summed E-state index contributed by atoms with van der Waals surface area (Å²) in [6, 6.07) is 0. The number of carbonyl (C=O) groups excluding carboxylic acids is 2. The maximum absolute atomic E-state index is 11.7. The number of unbranched alkanes of at least 4 members (excludes halogenated alkanes) is 1. The quantitative estimate of drug-likeness (QED) is 0.616. The Hall–Kier alpha value is -0.860. The molecule has 1 amide bonds. The van der Waals surface area contributed by atoms with Gasteiger partial charge in [-0.2, -0.15) is 0 Å². The normalized spacial score (nSPS) is 12.8. The summed E-state index contributed by atoms with van der Waals surface area (Å²) in [5.74, 6) is 1.36. The van der Waals surface area contributed by atoms with Gasteiger partial charge in [0, 0.05) is 24.8 Å². The van der Waals surface area contributed by atoms with E-state index in [2.05, 4.69) is 19.2 Å². The fourth-order valence-electron chi connectivity index (χ4n) is 2.02. The fraction of sp³-hybridized carbons (Fsp3) is 0.875. The summed E-state index contributed by atoms with van der Waals surface area (Å²) < 4.78 is 0. The molecular formula is C16H31NO2. The number of hydrogen-bond acceptors (Lipinski definition) is 2. The summed E-state index contributed by atoms with van der Waals surface area (Å²) in [6.45, 7) is 10.9. The number of rotatable bonds is 10. The molecule has 112 valence electrons. The summed E-state index contributed by atoms with van der Waals surface area (Å²) in [6.07, 6.45) is 4.47. The Kier molecular flexibility index (Phi) is 9.54. The highest BCUT2D eigenvalue weighted by atomic mass is 16.1. The van der Waals surface area contributed by atoms with E-state index < -0.39 is 0 Å². The summed E-state index contributed by atoms with van der Waals surface area (Å²) in [7, 11) is 0. The molecule has 0 aliphatic heterocycles. The Balaban J connectivity index is 3.55. The number of Topliss-reactive ketones (excluding diaryl/α,β-unsaturated/α-hetero) is 1. The van der Waals surface area contributed by atoms with Gasteiger partial charge in [0.1, 0.15) is 5.78 Å². The first-order chi connectivity index (χ1) is 8.84. The van der Waals surface area contributed by atoms with E-state index >= 15 is 0 Å². The molecule has 0 bridgehead atoms. The van der Waals surface area contributed by atoms with Crippen molar-refractivity contribution in [3.8, 4) is 0 Å². The molecule has 0 aliphatic carbocycles. The summed E-state index contributed by atoms with van der Waals surface area (Å²) in [5, 5.41) is 2.94. The van der Waals surface area contributed by atoms with Crippen molar-refractivity contribution in [2.45, 2.75) is 66.7 Å². The van der Waals surface area contributed by atoms with Gasteiger partial charge in [0.2, 0.25) is 5.91 Å². The third kappa shape index (κ3) is 9.69. The zero-order valence-electron chi connectivity index (χ0n) is 13.3. The van der Waals surface area contributed by atoms with Crippen LogP contribution in [0.1, 0.15) is 66.7 Å². The predicted molar refractivity (Wildman–Crippen MR) is 79.9 cm³/mol. The van der Waals surface area contributed by atoms with Crippen LogP contribution < -0.4 is 5.32 Å². The second-order valence-electron chi connectivity index (χ2n) is 6.24. The second-order valence-corrected chi connectivity index (χ2v) is 6.24. The van der Waals surface area contributed by atoms with Crippen LogP contribution in [0.4, 0.5) is 0 Å². The highest BCUT2D eigenvalue weighted by Crippen LogP contribution is 2.13. The van der Waals surface area contributed by atoms with Crippen molar-refractivity contribution >= 4 is 11.7 Å². The van der Waals surface area contributed by atoms with Crippen LogP contribution in [0.3, 0.4) is 0 Å². The third-order valence-corrected chi connectivity index (χ3v) is 3.39. The van der Waals surface area contributed by atoms with Crippen LogP contribution in [0.15, 0.2) is 0 Å². The maximum atomic E-state index is 11.7. The molecule has 1 unspecified atom stereocenters. The van der Waals surface area contributed by atoms with E-state index in [1.54, 1.807) is 0 Å². The highest BCUT2D eigenvalue weighted by molar-refractivity contribution is 5.82. The molecule has 0 saturated carbocycles. The molecule has 1 N–H and O–H groups in total. The monoisotopic (exact) mass is 269 g/mol. The predicted octanol–water partition coefficient (Wildman–Crippen LogP) is 3.57. The Morgan fingerprint density at radius 2 is 1.58 bits per heavy atom. The van der Waals surface area contributed by atoms with Gasteiger partial charge in [0.15, 0.2) is 0 Å². The topological polar surface area (TPSA) is 46.2 Å². The minimum absolute atomic E-state index is 0.130. The number of hydrogen-bond donors (Lipinski definition) is 1. The van der Waals surface area contributed by atoms with Crippen molar-refractivity contribution in [1.29, 1.82) is 0 Å². The molecule has 0 aromatic carbocycles. The van der Waals surface area contributed by atoms with E-state index in [4.69, 9.17) is 0 Å². The van der Waals surface area contributed by atoms with Crippen molar-refractivity contribution < 1.29 is 9.59 Å². The molecule has 3 heteroatoms. The first-order valence-corrected chi connectivity index (χ1v) is 7.65. The standard InChI is InChI=1S/C16H31NO2/c1-12(2)9-10-15(18)17-11-7-6-8-14(5)16(19)13(3)4/h12-14H,6-11H2,1-5H3,(H,17,18). The molecule has 0 rings (SSSR count). The molecule has 0 spiro atoms. The highest BCUT2D eigenvalue weighted by Gasteiger charge is 2.15. The van der Waals surface area contributed by atoms with E-state index in [0.717, 1.165) is 32.2 Å². The summed E-state index contributed by atoms with van der Waals surface area (Å²) in [4.78, 5) is 23.2. The van der Waals surface area contributed by atoms with E-state index in [-0.39, 0.29) is 17.7 Å². The molecule has 0 heterocycles. The van der Waals surface area contributed by atoms with Crippen LogP contribution in [-0.2, 0) is 9.59 Å². The van der Waals surface area contributed by atoms with Gasteiger partial charge in [-0.1, -0.05) is 41.0 Å². The van der Waals surface area contributed by atoms with Crippen LogP contribution in [0.2, 0.25) is 0 Å². The lowest BCUT2D eigenvalue weighted by Crippen LogP contribution is -2.24. The molecule has 0 saturated heterocycles. The Bertz CT molecular complexity index is 272. The van der Waals surface area contributed by atoms with Crippen molar-refractivity contribution in [2.24, 2.45) is 17.8 Å². The number of carbonyl (C=O) groups is 2. The largest absolute Gasteiger partial charge is 0.356 e. The van der Waals surface area contributed by atoms with Crippen molar-refractivity contribution in [2.75, 3.05) is 6.54 Å². The molecule has 0 aromatic heterocycles. The van der Waals surface area contributed by atoms with Crippen LogP contribution in [0, 0.1) is 17.8 Å². The molecule has 0 radical (unpaired) electrons. The van der Waals surface area contributed by atoms with Gasteiger partial charge in [0.05, 0.1) is 0 Å². The van der Waals surface area contributed by atoms with Gasteiger partial charge in [-0.3, -0.25) is 9.59 Å². The SMILES string of the molecule is CC(C)CCC(=O)NCCCCC(C)C(=O)C(C)C. The first-order valence-electron chi connectivity index (χ1n) is 7.65. The Morgan fingerprint density at radius 1 is 0.947 bits per heavy atom. The van der Waals surface area contributed by atoms with E-state index in [9.17, 15) is 9.59 Å². The fourth-order valence-corrected chi connectivity index (χ4v) is 2.02. The number of nitrogens with one attached hydrogen (secondary N) is 1. The van der Waals surface area contributed by atoms with Gasteiger partial charge in [0.25, 0.3) is 0 Å². The molecule has 3 nitrogen and oxygen atoms in total. The molecule has 0 aliphatic rings. The zero-order chi connectivity index (χ0) is 14.8. The number of amides is 1. The zero-order valence-corrected chi connectivity index (χ0v) is 13.3. The van der Waals surface area contributed by atoms with Crippen LogP contribution in [0.25, 0.3) is 0 Å². The molecule has 0 fully saturated rings. The average molecular weight is 269 g/mol. The molecule has 19 heavy (non-hydrogen) atoms. The van der Waals surface area contributed by atoms with Gasteiger partial charge in [-0.05, 0) is 25.2 Å². The van der Waals surface area contributed by atoms with E-state index in [1.807, 2.05) is 20.8 Å². The van der Waals surface area contributed by atoms with Crippen molar-refractivity contribution in [3.63, 3.8) is 0 Å². The lowest BCUT2D eigenvalue weighted by atomic mass is 9.92. The minimum atomic E-state index is 0.130. The Morgan fingerprint density at radius 3 is 2.11 bits per heavy atom. The van der Waals surface area contributed by atoms with E-state index in [1.165, 1.54) is 0 Å². The summed E-state index contributed by atoms with van der Waals surface area (Å²) in [5.41, 5.74) is 0. The van der Waals surface area contributed by atoms with Gasteiger partial charge in [-0.15, -0.1) is 0 Å². The first kappa shape index (κ1) is 18.1. The summed E-state index contributed by atoms with van der Waals surface area (Å²) >= 11 is 0. The van der Waals surface area contributed by atoms with E-state index in [0.29, 0.717) is 18.1 Å². The molecule has 0 aromatic rings. The smallest absolute Gasteiger partial charge is 0.220 e. The lowest BCUT2D eigenvalue weighted by molar-refractivity contribution is -0.125. The maximum Gasteiger partial charge on any atom is 0.220 e. The minimum Gasteiger partial charge on any atom is -0.356 e. The third-order valence-electron chi connectivity index (χ3n) is 3.39. The van der Waals surface area contributed by atoms with Gasteiger partial charge >= 0.3 is 0 Å². The van der Waals surface area contributed by atoms with Crippen LogP contribution in [0.5, 0.6) is 0 Å². The van der Waals surface area contributed by atoms with Crippen LogP contribution in [-0.4, -0.2) is 18.2 Å². The molecular weight excluding hydrogens is 238 g/mol. The van der Waals surface area contributed by atoms with Gasteiger partial charge < -0.3 is 5.32 Å². The van der Waals surface area contributed by atoms with Crippen molar-refractivity contribution in [3.05, 3.63) is 0 Å². The Labute approximate surface area is 118 Å². The van der Waals surface area contributed by atoms with Crippen LogP contribution >= 0.6 is 0 Å². The lowest BCUT2D eigenvalue weighted by Gasteiger charge is -2.12. The number of ketones is 1. The van der Waals surface area contributed by atoms with Gasteiger partial charge in [-0.25, -0.2) is 0 Å². The average Bonchev–Trinajstić information content (AvgIpc) is 2.34. The second kappa shape index (κ2) is 9.99.